The fraction of sp³-hybridized carbons (Fsp3) is 0.263. The summed E-state index contributed by atoms with van der Waals surface area (Å²) in [6.07, 6.45) is -0.674. The lowest BCUT2D eigenvalue weighted by Gasteiger charge is -2.27. The number of ketones is 1. The van der Waals surface area contributed by atoms with Gasteiger partial charge >= 0.3 is 0 Å². The first-order valence-electron chi connectivity index (χ1n) is 8.01. The normalized spacial score (nSPS) is 19.5. The zero-order chi connectivity index (χ0) is 18.7. The Bertz CT molecular complexity index is 812. The third-order valence-electron chi connectivity index (χ3n) is 4.27. The molecule has 1 aliphatic rings. The van der Waals surface area contributed by atoms with E-state index in [4.69, 9.17) is 9.47 Å². The molecule has 0 bridgehead atoms. The average Bonchev–Trinajstić information content (AvgIpc) is 3.28. The molecule has 1 saturated heterocycles. The quantitative estimate of drug-likeness (QED) is 0.365. The van der Waals surface area contributed by atoms with E-state index in [0.29, 0.717) is 5.56 Å². The number of thiophene rings is 1. The molecule has 2 heterocycles. The van der Waals surface area contributed by atoms with E-state index >= 15 is 0 Å². The Kier molecular flexibility index (Phi) is 5.51. The smallest absolute Gasteiger partial charge is 0.295 e. The van der Waals surface area contributed by atoms with Crippen LogP contribution in [-0.4, -0.2) is 48.8 Å². The second-order valence-electron chi connectivity index (χ2n) is 5.73. The van der Waals surface area contributed by atoms with E-state index in [9.17, 15) is 14.7 Å². The lowest BCUT2D eigenvalue weighted by Crippen LogP contribution is -2.37. The SMILES string of the molecule is COC(CN1C(=O)C(=O)C(=C(O)c2ccccc2)[C@@H]1c1cccs1)OC. The van der Waals surface area contributed by atoms with Crippen LogP contribution in [0.25, 0.3) is 5.76 Å². The van der Waals surface area contributed by atoms with Crippen molar-refractivity contribution in [1.82, 2.24) is 4.90 Å². The minimum absolute atomic E-state index is 0.0751. The molecule has 1 fully saturated rings. The van der Waals surface area contributed by atoms with Gasteiger partial charge in [-0.05, 0) is 11.4 Å². The molecule has 1 aromatic carbocycles. The molecule has 1 aromatic heterocycles. The number of ether oxygens (including phenoxy) is 2. The molecule has 26 heavy (non-hydrogen) atoms. The van der Waals surface area contributed by atoms with E-state index in [2.05, 4.69) is 0 Å². The highest BCUT2D eigenvalue weighted by molar-refractivity contribution is 7.10. The number of carbonyl (C=O) groups excluding carboxylic acids is 2. The zero-order valence-corrected chi connectivity index (χ0v) is 15.2. The topological polar surface area (TPSA) is 76.1 Å². The van der Waals surface area contributed by atoms with Crippen molar-refractivity contribution >= 4 is 28.8 Å². The molecule has 2 aromatic rings. The van der Waals surface area contributed by atoms with Gasteiger partial charge in [-0.15, -0.1) is 11.3 Å². The van der Waals surface area contributed by atoms with E-state index in [0.717, 1.165) is 4.88 Å². The summed E-state index contributed by atoms with van der Waals surface area (Å²) >= 11 is 1.41. The van der Waals surface area contributed by atoms with E-state index in [1.54, 1.807) is 24.3 Å². The maximum atomic E-state index is 12.7. The minimum Gasteiger partial charge on any atom is -0.507 e. The van der Waals surface area contributed by atoms with E-state index in [-0.39, 0.29) is 17.9 Å². The largest absolute Gasteiger partial charge is 0.507 e. The Morgan fingerprint density at radius 1 is 1.15 bits per heavy atom. The number of carbonyl (C=O) groups is 2. The number of rotatable bonds is 6. The van der Waals surface area contributed by atoms with Gasteiger partial charge in [-0.25, -0.2) is 0 Å². The number of aliphatic hydroxyl groups excluding tert-OH is 1. The number of nitrogens with zero attached hydrogens (tertiary/aromatic N) is 1. The van der Waals surface area contributed by atoms with Gasteiger partial charge in [0, 0.05) is 24.7 Å². The molecule has 6 nitrogen and oxygen atoms in total. The van der Waals surface area contributed by atoms with Gasteiger partial charge in [0.05, 0.1) is 18.2 Å². The maximum absolute atomic E-state index is 12.7. The molecular formula is C19H19NO5S. The Hall–Kier alpha value is -2.48. The van der Waals surface area contributed by atoms with Crippen molar-refractivity contribution < 1.29 is 24.2 Å². The number of aliphatic hydroxyl groups is 1. The van der Waals surface area contributed by atoms with Crippen LogP contribution in [0.2, 0.25) is 0 Å². The highest BCUT2D eigenvalue weighted by Crippen LogP contribution is 2.41. The molecule has 1 atom stereocenters. The number of benzene rings is 1. The van der Waals surface area contributed by atoms with Crippen LogP contribution in [0.1, 0.15) is 16.5 Å². The van der Waals surface area contributed by atoms with Gasteiger partial charge in [-0.2, -0.15) is 0 Å². The molecule has 0 saturated carbocycles. The first-order valence-corrected chi connectivity index (χ1v) is 8.89. The molecule has 3 rings (SSSR count). The lowest BCUT2D eigenvalue weighted by atomic mass is 10.00. The van der Waals surface area contributed by atoms with Crippen molar-refractivity contribution in [2.45, 2.75) is 12.3 Å². The average molecular weight is 373 g/mol. The number of amides is 1. The number of hydrogen-bond acceptors (Lipinski definition) is 6. The van der Waals surface area contributed by atoms with Crippen molar-refractivity contribution in [3.63, 3.8) is 0 Å². The summed E-state index contributed by atoms with van der Waals surface area (Å²) in [5.74, 6) is -1.58. The summed E-state index contributed by atoms with van der Waals surface area (Å²) < 4.78 is 10.4. The lowest BCUT2D eigenvalue weighted by molar-refractivity contribution is -0.149. The summed E-state index contributed by atoms with van der Waals surface area (Å²) in [7, 11) is 2.93. The van der Waals surface area contributed by atoms with Gasteiger partial charge in [-0.3, -0.25) is 9.59 Å². The Labute approximate surface area is 155 Å². The van der Waals surface area contributed by atoms with Crippen LogP contribution in [-0.2, 0) is 19.1 Å². The van der Waals surface area contributed by atoms with Crippen molar-refractivity contribution in [2.24, 2.45) is 0 Å². The summed E-state index contributed by atoms with van der Waals surface area (Å²) in [4.78, 5) is 27.5. The highest BCUT2D eigenvalue weighted by atomic mass is 32.1. The van der Waals surface area contributed by atoms with E-state index in [1.165, 1.54) is 30.5 Å². The minimum atomic E-state index is -0.712. The van der Waals surface area contributed by atoms with Crippen molar-refractivity contribution in [1.29, 1.82) is 0 Å². The maximum Gasteiger partial charge on any atom is 0.295 e. The molecule has 7 heteroatoms. The van der Waals surface area contributed by atoms with Gasteiger partial charge in [-0.1, -0.05) is 36.4 Å². The second-order valence-corrected chi connectivity index (χ2v) is 6.71. The summed E-state index contributed by atoms with van der Waals surface area (Å²) in [5.41, 5.74) is 0.566. The molecule has 0 unspecified atom stereocenters. The molecular weight excluding hydrogens is 354 g/mol. The van der Waals surface area contributed by atoms with Crippen molar-refractivity contribution in [2.75, 3.05) is 20.8 Å². The predicted octanol–water partition coefficient (Wildman–Crippen LogP) is 2.79. The second kappa shape index (κ2) is 7.82. The van der Waals surface area contributed by atoms with Crippen LogP contribution in [0.5, 0.6) is 0 Å². The van der Waals surface area contributed by atoms with Crippen LogP contribution in [0, 0.1) is 0 Å². The summed E-state index contributed by atoms with van der Waals surface area (Å²) in [5, 5.41) is 12.6. The summed E-state index contributed by atoms with van der Waals surface area (Å²) in [6.45, 7) is 0.0751. The first-order chi connectivity index (χ1) is 12.6. The van der Waals surface area contributed by atoms with Crippen molar-refractivity contribution in [3.8, 4) is 0 Å². The molecule has 1 N–H and O–H groups in total. The molecule has 1 amide bonds. The third-order valence-corrected chi connectivity index (χ3v) is 5.20. The molecule has 136 valence electrons. The predicted molar refractivity (Wildman–Crippen MR) is 97.6 cm³/mol. The third kappa shape index (κ3) is 3.29. The molecule has 0 spiro atoms. The Balaban J connectivity index is 2.11. The fourth-order valence-corrected chi connectivity index (χ4v) is 3.81. The van der Waals surface area contributed by atoms with Gasteiger partial charge < -0.3 is 19.5 Å². The van der Waals surface area contributed by atoms with Crippen LogP contribution in [0.4, 0.5) is 0 Å². The van der Waals surface area contributed by atoms with Gasteiger partial charge in [0.2, 0.25) is 0 Å². The Morgan fingerprint density at radius 2 is 1.85 bits per heavy atom. The van der Waals surface area contributed by atoms with E-state index < -0.39 is 24.0 Å². The van der Waals surface area contributed by atoms with Gasteiger partial charge in [0.15, 0.2) is 6.29 Å². The van der Waals surface area contributed by atoms with Crippen LogP contribution in [0.3, 0.4) is 0 Å². The van der Waals surface area contributed by atoms with Crippen LogP contribution >= 0.6 is 11.3 Å². The van der Waals surface area contributed by atoms with E-state index in [1.807, 2.05) is 23.6 Å². The number of methoxy groups -OCH3 is 2. The fourth-order valence-electron chi connectivity index (χ4n) is 2.97. The van der Waals surface area contributed by atoms with Crippen LogP contribution < -0.4 is 0 Å². The van der Waals surface area contributed by atoms with Gasteiger partial charge in [0.1, 0.15) is 5.76 Å². The standard InChI is InChI=1S/C19H19NO5S/c1-24-14(25-2)11-20-16(13-9-6-10-26-13)15(18(22)19(20)23)17(21)12-7-4-3-5-8-12/h3-10,14,16,21H,11H2,1-2H3/t16-/m0/s1. The zero-order valence-electron chi connectivity index (χ0n) is 14.4. The molecule has 0 aliphatic carbocycles. The Morgan fingerprint density at radius 3 is 2.42 bits per heavy atom. The monoisotopic (exact) mass is 373 g/mol. The van der Waals surface area contributed by atoms with Crippen molar-refractivity contribution in [3.05, 3.63) is 63.9 Å². The van der Waals surface area contributed by atoms with Gasteiger partial charge in [0.25, 0.3) is 11.7 Å². The number of likely N-dealkylation sites (tertiary alicyclic amines) is 1. The molecule has 0 radical (unpaired) electrons. The summed E-state index contributed by atoms with van der Waals surface area (Å²) in [6, 6.07) is 11.7. The number of Topliss-reactive ketones (excluding diaryl/α,β-unsaturated/α-hetero) is 1. The van der Waals surface area contributed by atoms with Crippen LogP contribution in [0.15, 0.2) is 53.4 Å². The molecule has 1 aliphatic heterocycles. The first kappa shape index (κ1) is 18.3. The number of hydrogen-bond donors (Lipinski definition) is 1. The highest BCUT2D eigenvalue weighted by Gasteiger charge is 2.47.